The van der Waals surface area contributed by atoms with Crippen LogP contribution < -0.4 is 0 Å². The Morgan fingerprint density at radius 3 is 2.95 bits per heavy atom. The van der Waals surface area contributed by atoms with Gasteiger partial charge in [-0.2, -0.15) is 0 Å². The molecule has 0 spiro atoms. The lowest BCUT2D eigenvalue weighted by Gasteiger charge is -2.26. The zero-order valence-corrected chi connectivity index (χ0v) is 13.4. The van der Waals surface area contributed by atoms with Crippen LogP contribution in [0.15, 0.2) is 17.2 Å². The van der Waals surface area contributed by atoms with E-state index >= 15 is 0 Å². The molecule has 1 aliphatic heterocycles. The highest BCUT2D eigenvalue weighted by Crippen LogP contribution is 2.23. The van der Waals surface area contributed by atoms with Gasteiger partial charge in [-0.1, -0.05) is 0 Å². The lowest BCUT2D eigenvalue weighted by molar-refractivity contribution is 0.0221. The summed E-state index contributed by atoms with van der Waals surface area (Å²) >= 11 is 1.75. The van der Waals surface area contributed by atoms with Crippen LogP contribution in [0.5, 0.6) is 0 Å². The summed E-state index contributed by atoms with van der Waals surface area (Å²) in [4.78, 5) is 7.70. The van der Waals surface area contributed by atoms with E-state index in [2.05, 4.69) is 9.88 Å². The molecule has 6 heteroatoms. The molecule has 0 unspecified atom stereocenters. The van der Waals surface area contributed by atoms with Crippen LogP contribution in [-0.2, 0) is 16.1 Å². The van der Waals surface area contributed by atoms with E-state index in [1.54, 1.807) is 18.0 Å². The Morgan fingerprint density at radius 1 is 1.38 bits per heavy atom. The lowest BCUT2D eigenvalue weighted by atomic mass is 10.2. The Kier molecular flexibility index (Phi) is 7.46. The predicted octanol–water partition coefficient (Wildman–Crippen LogP) is 1.32. The molecule has 2 rings (SSSR count). The van der Waals surface area contributed by atoms with Crippen molar-refractivity contribution >= 4 is 11.8 Å². The summed E-state index contributed by atoms with van der Waals surface area (Å²) in [7, 11) is 0. The predicted molar refractivity (Wildman–Crippen MR) is 83.7 cm³/mol. The molecule has 0 radical (unpaired) electrons. The molecule has 1 fully saturated rings. The van der Waals surface area contributed by atoms with Crippen LogP contribution in [0.4, 0.5) is 0 Å². The second-order valence-electron chi connectivity index (χ2n) is 4.95. The number of nitrogens with zero attached hydrogens (tertiary/aromatic N) is 2. The van der Waals surface area contributed by atoms with Crippen LogP contribution in [0.3, 0.4) is 0 Å². The van der Waals surface area contributed by atoms with Gasteiger partial charge in [0.1, 0.15) is 0 Å². The summed E-state index contributed by atoms with van der Waals surface area (Å²) in [6, 6.07) is 1.99. The Hall–Kier alpha value is -0.660. The third kappa shape index (κ3) is 5.56. The van der Waals surface area contributed by atoms with Crippen LogP contribution in [0.1, 0.15) is 11.3 Å². The molecule has 2 heterocycles. The monoisotopic (exact) mass is 312 g/mol. The number of rotatable bonds is 8. The van der Waals surface area contributed by atoms with Gasteiger partial charge in [0.15, 0.2) is 0 Å². The smallest absolute Gasteiger partial charge is 0.0856 e. The number of pyridine rings is 1. The first-order valence-electron chi connectivity index (χ1n) is 7.37. The Balaban J connectivity index is 1.59. The first kappa shape index (κ1) is 16.7. The first-order valence-corrected chi connectivity index (χ1v) is 8.36. The molecule has 118 valence electrons. The number of aliphatic hydroxyl groups is 1. The zero-order valence-electron chi connectivity index (χ0n) is 12.6. The minimum Gasteiger partial charge on any atom is -0.390 e. The van der Waals surface area contributed by atoms with Gasteiger partial charge in [-0.05, 0) is 18.6 Å². The van der Waals surface area contributed by atoms with E-state index < -0.39 is 0 Å². The van der Waals surface area contributed by atoms with Crippen molar-refractivity contribution in [3.05, 3.63) is 23.5 Å². The topological polar surface area (TPSA) is 54.8 Å². The maximum Gasteiger partial charge on any atom is 0.0856 e. The van der Waals surface area contributed by atoms with E-state index in [9.17, 15) is 5.11 Å². The second kappa shape index (κ2) is 9.38. The summed E-state index contributed by atoms with van der Waals surface area (Å²) in [6.07, 6.45) is 1.75. The third-order valence-corrected chi connectivity index (χ3v) is 4.67. The minimum atomic E-state index is -0.00369. The molecule has 0 bridgehead atoms. The second-order valence-corrected chi connectivity index (χ2v) is 6.09. The maximum absolute atomic E-state index is 9.20. The number of aromatic nitrogens is 1. The molecule has 1 aliphatic rings. The van der Waals surface area contributed by atoms with E-state index in [4.69, 9.17) is 9.47 Å². The van der Waals surface area contributed by atoms with E-state index in [1.807, 2.05) is 13.0 Å². The highest BCUT2D eigenvalue weighted by atomic mass is 32.2. The molecular weight excluding hydrogens is 288 g/mol. The van der Waals surface area contributed by atoms with Crippen molar-refractivity contribution in [2.45, 2.75) is 18.4 Å². The molecule has 1 saturated heterocycles. The van der Waals surface area contributed by atoms with Gasteiger partial charge in [0.2, 0.25) is 0 Å². The van der Waals surface area contributed by atoms with Gasteiger partial charge >= 0.3 is 0 Å². The Morgan fingerprint density at radius 2 is 2.19 bits per heavy atom. The van der Waals surface area contributed by atoms with Crippen molar-refractivity contribution in [1.82, 2.24) is 9.88 Å². The lowest BCUT2D eigenvalue weighted by Crippen LogP contribution is -2.38. The fourth-order valence-corrected chi connectivity index (χ4v) is 3.12. The van der Waals surface area contributed by atoms with Gasteiger partial charge in [-0.25, -0.2) is 0 Å². The van der Waals surface area contributed by atoms with Crippen molar-refractivity contribution in [2.24, 2.45) is 0 Å². The fourth-order valence-electron chi connectivity index (χ4n) is 2.21. The normalized spacial score (nSPS) is 16.3. The van der Waals surface area contributed by atoms with Crippen LogP contribution in [0.25, 0.3) is 0 Å². The summed E-state index contributed by atoms with van der Waals surface area (Å²) in [5, 5.41) is 9.20. The van der Waals surface area contributed by atoms with E-state index in [-0.39, 0.29) is 6.61 Å². The van der Waals surface area contributed by atoms with Gasteiger partial charge in [-0.15, -0.1) is 11.8 Å². The minimum absolute atomic E-state index is 0.00369. The van der Waals surface area contributed by atoms with Gasteiger partial charge in [0.25, 0.3) is 0 Å². The van der Waals surface area contributed by atoms with E-state index in [0.29, 0.717) is 0 Å². The molecule has 0 aromatic carbocycles. The number of hydrogen-bond donors (Lipinski definition) is 1. The third-order valence-electron chi connectivity index (χ3n) is 3.55. The molecule has 21 heavy (non-hydrogen) atoms. The molecule has 1 aromatic heterocycles. The van der Waals surface area contributed by atoms with E-state index in [0.717, 1.165) is 63.1 Å². The van der Waals surface area contributed by atoms with Crippen LogP contribution >= 0.6 is 11.8 Å². The van der Waals surface area contributed by atoms with E-state index in [1.165, 1.54) is 4.90 Å². The number of hydrogen-bond acceptors (Lipinski definition) is 6. The van der Waals surface area contributed by atoms with Crippen molar-refractivity contribution in [3.63, 3.8) is 0 Å². The highest BCUT2D eigenvalue weighted by molar-refractivity contribution is 7.99. The first-order chi connectivity index (χ1) is 10.3. The molecule has 0 atom stereocenters. The quantitative estimate of drug-likeness (QED) is 0.577. The molecule has 0 saturated carbocycles. The van der Waals surface area contributed by atoms with Crippen molar-refractivity contribution in [3.8, 4) is 0 Å². The average molecular weight is 312 g/mol. The van der Waals surface area contributed by atoms with Crippen LogP contribution in [0, 0.1) is 6.92 Å². The molecule has 5 nitrogen and oxygen atoms in total. The maximum atomic E-state index is 9.20. The number of morpholine rings is 1. The number of ether oxygens (including phenoxy) is 2. The SMILES string of the molecule is Cc1c(SCCOCCN2CCOCC2)ccnc1CO. The Labute approximate surface area is 130 Å². The molecule has 1 aromatic rings. The van der Waals surface area contributed by atoms with Crippen molar-refractivity contribution < 1.29 is 14.6 Å². The fraction of sp³-hybridized carbons (Fsp3) is 0.667. The molecule has 1 N–H and O–H groups in total. The summed E-state index contributed by atoms with van der Waals surface area (Å²) in [5.74, 6) is 0.916. The number of aliphatic hydroxyl groups excluding tert-OH is 1. The standard InChI is InChI=1S/C15H24N2O3S/c1-13-14(12-18)16-3-2-15(13)21-11-10-20-9-6-17-4-7-19-8-5-17/h2-3,18H,4-12H2,1H3. The molecule has 0 aliphatic carbocycles. The van der Waals surface area contributed by atoms with Gasteiger partial charge < -0.3 is 14.6 Å². The van der Waals surface area contributed by atoms with Gasteiger partial charge in [0.05, 0.1) is 38.7 Å². The summed E-state index contributed by atoms with van der Waals surface area (Å²) in [6.45, 7) is 8.20. The largest absolute Gasteiger partial charge is 0.390 e. The van der Waals surface area contributed by atoms with Crippen LogP contribution in [-0.4, -0.2) is 66.8 Å². The van der Waals surface area contributed by atoms with Crippen molar-refractivity contribution in [1.29, 1.82) is 0 Å². The Bertz CT molecular complexity index is 425. The zero-order chi connectivity index (χ0) is 14.9. The van der Waals surface area contributed by atoms with Gasteiger partial charge in [-0.3, -0.25) is 9.88 Å². The van der Waals surface area contributed by atoms with Crippen LogP contribution in [0.2, 0.25) is 0 Å². The molecular formula is C15H24N2O3S. The highest BCUT2D eigenvalue weighted by Gasteiger charge is 2.09. The van der Waals surface area contributed by atoms with Crippen molar-refractivity contribution in [2.75, 3.05) is 51.8 Å². The van der Waals surface area contributed by atoms with Gasteiger partial charge in [0, 0.05) is 36.5 Å². The number of thioether (sulfide) groups is 1. The summed E-state index contributed by atoms with van der Waals surface area (Å²) in [5.41, 5.74) is 1.83. The average Bonchev–Trinajstić information content (AvgIpc) is 2.53. The summed E-state index contributed by atoms with van der Waals surface area (Å²) < 4.78 is 11.0. The molecule has 0 amide bonds.